The number of carbonyl (C=O) groups excluding carboxylic acids is 1. The quantitative estimate of drug-likeness (QED) is 0.720. The van der Waals surface area contributed by atoms with Crippen molar-refractivity contribution in [3.63, 3.8) is 0 Å². The number of benzene rings is 1. The number of fused-ring (bicyclic) bond motifs is 1. The number of aromatic nitrogens is 2. The predicted molar refractivity (Wildman–Crippen MR) is 92.4 cm³/mol. The number of hydrogen-bond donors (Lipinski definition) is 3. The maximum absolute atomic E-state index is 12.4. The summed E-state index contributed by atoms with van der Waals surface area (Å²) in [6.07, 6.45) is 0. The summed E-state index contributed by atoms with van der Waals surface area (Å²) in [7, 11) is 5.86. The highest BCUT2D eigenvalue weighted by atomic mass is 16.5. The van der Waals surface area contributed by atoms with Gasteiger partial charge in [0, 0.05) is 7.05 Å². The van der Waals surface area contributed by atoms with Gasteiger partial charge in [0.15, 0.2) is 11.5 Å². The van der Waals surface area contributed by atoms with Gasteiger partial charge in [0.1, 0.15) is 5.82 Å². The van der Waals surface area contributed by atoms with Crippen LogP contribution in [0, 0.1) is 0 Å². The highest BCUT2D eigenvalue weighted by Crippen LogP contribution is 2.41. The molecule has 2 amide bonds. The minimum atomic E-state index is -0.817. The van der Waals surface area contributed by atoms with Crippen molar-refractivity contribution in [3.05, 3.63) is 44.1 Å². The van der Waals surface area contributed by atoms with Gasteiger partial charge in [-0.25, -0.2) is 9.59 Å². The lowest BCUT2D eigenvalue weighted by atomic mass is 9.97. The lowest BCUT2D eigenvalue weighted by molar-refractivity contribution is 0.248. The van der Waals surface area contributed by atoms with E-state index in [1.807, 2.05) is 0 Å². The first-order valence-electron chi connectivity index (χ1n) is 7.61. The van der Waals surface area contributed by atoms with Gasteiger partial charge in [-0.3, -0.25) is 19.7 Å². The molecule has 138 valence electrons. The number of nitrogens with zero attached hydrogens (tertiary/aromatic N) is 1. The van der Waals surface area contributed by atoms with Crippen molar-refractivity contribution in [2.45, 2.75) is 6.04 Å². The molecular formula is C16H18N4O6. The minimum Gasteiger partial charge on any atom is -0.493 e. The van der Waals surface area contributed by atoms with Gasteiger partial charge in [0.25, 0.3) is 5.56 Å². The Hall–Kier alpha value is -3.43. The fourth-order valence-corrected chi connectivity index (χ4v) is 2.92. The molecule has 0 bridgehead atoms. The van der Waals surface area contributed by atoms with E-state index in [4.69, 9.17) is 14.2 Å². The summed E-state index contributed by atoms with van der Waals surface area (Å²) in [5, 5.41) is 5.17. The van der Waals surface area contributed by atoms with E-state index in [1.165, 1.54) is 32.9 Å². The minimum absolute atomic E-state index is 0.126. The normalized spacial score (nSPS) is 15.5. The number of amides is 2. The lowest BCUT2D eigenvalue weighted by Gasteiger charge is -2.28. The number of methoxy groups -OCH3 is 3. The Morgan fingerprint density at radius 2 is 1.62 bits per heavy atom. The molecule has 3 N–H and O–H groups in total. The fraction of sp³-hybridized carbons (Fsp3) is 0.312. The SMILES string of the molecule is COc1cc([C@@H]2NC(=O)Nc3c2c(=O)[nH]c(=O)n3C)cc(OC)c1OC. The van der Waals surface area contributed by atoms with Crippen LogP contribution in [0.3, 0.4) is 0 Å². The number of anilines is 1. The van der Waals surface area contributed by atoms with Gasteiger partial charge in [-0.1, -0.05) is 0 Å². The van der Waals surface area contributed by atoms with Gasteiger partial charge in [-0.05, 0) is 17.7 Å². The Labute approximate surface area is 147 Å². The van der Waals surface area contributed by atoms with Crippen LogP contribution in [0.1, 0.15) is 17.2 Å². The summed E-state index contributed by atoms with van der Waals surface area (Å²) >= 11 is 0. The second-order valence-corrected chi connectivity index (χ2v) is 5.57. The van der Waals surface area contributed by atoms with Crippen LogP contribution in [-0.2, 0) is 7.05 Å². The van der Waals surface area contributed by atoms with E-state index >= 15 is 0 Å². The molecule has 1 aliphatic rings. The molecule has 10 heteroatoms. The first-order valence-corrected chi connectivity index (χ1v) is 7.61. The molecule has 0 saturated carbocycles. The topological polar surface area (TPSA) is 124 Å². The van der Waals surface area contributed by atoms with E-state index in [0.29, 0.717) is 22.8 Å². The van der Waals surface area contributed by atoms with Gasteiger partial charge in [0.2, 0.25) is 5.75 Å². The van der Waals surface area contributed by atoms with Crippen LogP contribution in [0.4, 0.5) is 10.6 Å². The standard InChI is InChI=1S/C16H18N4O6/c1-20-13-10(14(21)19-16(20)23)11(17-15(22)18-13)7-5-8(24-2)12(26-4)9(6-7)25-3/h5-6,11H,1-4H3,(H2,17,18,22)(H,19,21,23)/t11-/m0/s1. The molecule has 1 atom stereocenters. The molecule has 26 heavy (non-hydrogen) atoms. The molecule has 0 unspecified atom stereocenters. The highest BCUT2D eigenvalue weighted by molar-refractivity contribution is 5.92. The summed E-state index contributed by atoms with van der Waals surface area (Å²) in [6, 6.07) is 1.90. The van der Waals surface area contributed by atoms with Gasteiger partial charge < -0.3 is 19.5 Å². The zero-order valence-electron chi connectivity index (χ0n) is 14.6. The van der Waals surface area contributed by atoms with Gasteiger partial charge in [-0.2, -0.15) is 0 Å². The maximum atomic E-state index is 12.4. The largest absolute Gasteiger partial charge is 0.493 e. The van der Waals surface area contributed by atoms with Crippen molar-refractivity contribution in [2.75, 3.05) is 26.6 Å². The number of carbonyl (C=O) groups is 1. The van der Waals surface area contributed by atoms with Crippen molar-refractivity contribution in [2.24, 2.45) is 7.05 Å². The Morgan fingerprint density at radius 1 is 1.00 bits per heavy atom. The Kier molecular flexibility index (Phi) is 4.33. The van der Waals surface area contributed by atoms with Crippen LogP contribution < -0.4 is 36.1 Å². The molecule has 0 radical (unpaired) electrons. The molecule has 0 aliphatic carbocycles. The molecule has 2 heterocycles. The summed E-state index contributed by atoms with van der Waals surface area (Å²) in [6.45, 7) is 0. The molecule has 0 spiro atoms. The summed E-state index contributed by atoms with van der Waals surface area (Å²) in [5.74, 6) is 1.25. The second-order valence-electron chi connectivity index (χ2n) is 5.57. The van der Waals surface area contributed by atoms with Crippen LogP contribution in [0.2, 0.25) is 0 Å². The average molecular weight is 362 g/mol. The number of rotatable bonds is 4. The smallest absolute Gasteiger partial charge is 0.329 e. The molecule has 1 aromatic carbocycles. The van der Waals surface area contributed by atoms with E-state index in [1.54, 1.807) is 12.1 Å². The Bertz CT molecular complexity index is 968. The molecule has 3 rings (SSSR count). The molecule has 2 aromatic rings. The van der Waals surface area contributed by atoms with Crippen LogP contribution in [0.15, 0.2) is 21.7 Å². The number of urea groups is 1. The first kappa shape index (κ1) is 17.4. The molecule has 1 aromatic heterocycles. The van der Waals surface area contributed by atoms with Crippen molar-refractivity contribution in [3.8, 4) is 17.2 Å². The van der Waals surface area contributed by atoms with E-state index in [9.17, 15) is 14.4 Å². The first-order chi connectivity index (χ1) is 12.4. The van der Waals surface area contributed by atoms with Crippen molar-refractivity contribution >= 4 is 11.8 Å². The third-order valence-electron chi connectivity index (χ3n) is 4.18. The zero-order chi connectivity index (χ0) is 19.0. The van der Waals surface area contributed by atoms with Crippen LogP contribution >= 0.6 is 0 Å². The van der Waals surface area contributed by atoms with Gasteiger partial charge in [-0.15, -0.1) is 0 Å². The van der Waals surface area contributed by atoms with Crippen LogP contribution in [0.5, 0.6) is 17.2 Å². The number of aromatic amines is 1. The van der Waals surface area contributed by atoms with Gasteiger partial charge >= 0.3 is 11.7 Å². The zero-order valence-corrected chi connectivity index (χ0v) is 14.6. The monoisotopic (exact) mass is 362 g/mol. The Balaban J connectivity index is 2.27. The predicted octanol–water partition coefficient (Wildman–Crippen LogP) is 0.324. The summed E-state index contributed by atoms with van der Waals surface area (Å²) in [4.78, 5) is 38.6. The van der Waals surface area contributed by atoms with Gasteiger partial charge in [0.05, 0.1) is 32.9 Å². The molecule has 0 fully saturated rings. The van der Waals surface area contributed by atoms with Crippen molar-refractivity contribution in [1.29, 1.82) is 0 Å². The number of hydrogen-bond acceptors (Lipinski definition) is 6. The highest BCUT2D eigenvalue weighted by Gasteiger charge is 2.32. The number of nitrogens with one attached hydrogen (secondary N) is 3. The van der Waals surface area contributed by atoms with Crippen molar-refractivity contribution in [1.82, 2.24) is 14.9 Å². The molecule has 10 nitrogen and oxygen atoms in total. The lowest BCUT2D eigenvalue weighted by Crippen LogP contribution is -2.46. The number of H-pyrrole nitrogens is 1. The third kappa shape index (κ3) is 2.65. The van der Waals surface area contributed by atoms with Crippen molar-refractivity contribution < 1.29 is 19.0 Å². The Morgan fingerprint density at radius 3 is 2.15 bits per heavy atom. The molecule has 1 aliphatic heterocycles. The summed E-state index contributed by atoms with van der Waals surface area (Å²) in [5.41, 5.74) is -0.505. The van der Waals surface area contributed by atoms with E-state index < -0.39 is 23.3 Å². The number of ether oxygens (including phenoxy) is 3. The second kappa shape index (κ2) is 6.47. The van der Waals surface area contributed by atoms with Crippen LogP contribution in [-0.4, -0.2) is 36.9 Å². The summed E-state index contributed by atoms with van der Waals surface area (Å²) < 4.78 is 17.1. The average Bonchev–Trinajstić information content (AvgIpc) is 2.63. The molecule has 0 saturated heterocycles. The van der Waals surface area contributed by atoms with E-state index in [0.717, 1.165) is 0 Å². The fourth-order valence-electron chi connectivity index (χ4n) is 2.92. The van der Waals surface area contributed by atoms with E-state index in [-0.39, 0.29) is 11.4 Å². The molecular weight excluding hydrogens is 344 g/mol. The maximum Gasteiger partial charge on any atom is 0.329 e. The van der Waals surface area contributed by atoms with E-state index in [2.05, 4.69) is 15.6 Å². The third-order valence-corrected chi connectivity index (χ3v) is 4.18. The van der Waals surface area contributed by atoms with Crippen LogP contribution in [0.25, 0.3) is 0 Å².